The molecule has 31 heavy (non-hydrogen) atoms. The third kappa shape index (κ3) is 3.52. The molecule has 0 radical (unpaired) electrons. The van der Waals surface area contributed by atoms with E-state index >= 15 is 0 Å². The van der Waals surface area contributed by atoms with Gasteiger partial charge in [0, 0.05) is 35.9 Å². The van der Waals surface area contributed by atoms with Gasteiger partial charge in [-0.1, -0.05) is 6.07 Å². The first-order valence-corrected chi connectivity index (χ1v) is 10.0. The Kier molecular flexibility index (Phi) is 4.66. The van der Waals surface area contributed by atoms with Gasteiger partial charge in [0.25, 0.3) is 0 Å². The molecule has 0 amide bonds. The lowest BCUT2D eigenvalue weighted by Gasteiger charge is -2.12. The fourth-order valence-electron chi connectivity index (χ4n) is 3.86. The normalized spacial score (nSPS) is 11.3. The van der Waals surface area contributed by atoms with Crippen LogP contribution < -0.4 is 15.8 Å². The van der Waals surface area contributed by atoms with Crippen LogP contribution >= 0.6 is 0 Å². The molecule has 0 aliphatic carbocycles. The van der Waals surface area contributed by atoms with Gasteiger partial charge in [-0.2, -0.15) is 4.98 Å². The number of nitrogens with two attached hydrogens (primary N) is 1. The van der Waals surface area contributed by atoms with Crippen LogP contribution in [0.2, 0.25) is 0 Å². The Morgan fingerprint density at radius 1 is 1.13 bits per heavy atom. The number of aromatic nitrogens is 5. The van der Waals surface area contributed by atoms with Crippen molar-refractivity contribution in [1.82, 2.24) is 24.5 Å². The van der Waals surface area contributed by atoms with Crippen molar-refractivity contribution in [3.8, 4) is 5.75 Å². The van der Waals surface area contributed by atoms with Gasteiger partial charge in [-0.15, -0.1) is 0 Å². The number of anilines is 3. The Bertz CT molecular complexity index is 1390. The number of nitrogens with zero attached hydrogens (tertiary/aromatic N) is 4. The van der Waals surface area contributed by atoms with E-state index in [0.717, 1.165) is 51.8 Å². The molecule has 5 aromatic rings. The molecule has 0 atom stereocenters. The highest BCUT2D eigenvalue weighted by atomic mass is 16.5. The van der Waals surface area contributed by atoms with Gasteiger partial charge >= 0.3 is 0 Å². The van der Waals surface area contributed by atoms with E-state index in [0.29, 0.717) is 5.82 Å². The molecular weight excluding hydrogens is 390 g/mol. The molecule has 156 valence electrons. The number of aromatic amines is 1. The Hall–Kier alpha value is -4.07. The summed E-state index contributed by atoms with van der Waals surface area (Å²) in [5.74, 6) is 1.77. The van der Waals surface area contributed by atoms with Gasteiger partial charge in [0.1, 0.15) is 17.1 Å². The number of ether oxygens (including phenoxy) is 1. The van der Waals surface area contributed by atoms with Crippen molar-refractivity contribution in [1.29, 1.82) is 0 Å². The quantitative estimate of drug-likeness (QED) is 0.389. The van der Waals surface area contributed by atoms with Crippen LogP contribution in [0.25, 0.3) is 21.9 Å². The molecule has 4 N–H and O–H groups in total. The first-order valence-electron chi connectivity index (χ1n) is 10.0. The standard InChI is InChI=1S/C23H23N7O/c1-30-13-27-21-19(4-3-5-20(21)30)28-22-15(12-26-23(24)29-22)7-6-14-11-25-18-9-8-16(31-2)10-17(14)18/h3-5,8-13,25H,6-7H2,1-2H3,(H3,24,26,28,29). The van der Waals surface area contributed by atoms with Crippen LogP contribution in [0, 0.1) is 0 Å². The molecule has 0 spiro atoms. The van der Waals surface area contributed by atoms with Crippen molar-refractivity contribution >= 4 is 39.4 Å². The number of imidazole rings is 1. The lowest BCUT2D eigenvalue weighted by Crippen LogP contribution is -2.05. The monoisotopic (exact) mass is 413 g/mol. The van der Waals surface area contributed by atoms with Gasteiger partial charge in [-0.25, -0.2) is 9.97 Å². The predicted octanol–water partition coefficient (Wildman–Crippen LogP) is 3.96. The maximum absolute atomic E-state index is 5.89. The number of aryl methyl sites for hydroxylation is 3. The summed E-state index contributed by atoms with van der Waals surface area (Å²) in [4.78, 5) is 16.5. The minimum atomic E-state index is 0.233. The van der Waals surface area contributed by atoms with Crippen molar-refractivity contribution in [3.05, 3.63) is 66.2 Å². The number of nitrogens with one attached hydrogen (secondary N) is 2. The van der Waals surface area contributed by atoms with Gasteiger partial charge < -0.3 is 25.3 Å². The van der Waals surface area contributed by atoms with Crippen molar-refractivity contribution in [2.75, 3.05) is 18.2 Å². The number of hydrogen-bond donors (Lipinski definition) is 3. The topological polar surface area (TPSA) is 107 Å². The Morgan fingerprint density at radius 2 is 2.00 bits per heavy atom. The van der Waals surface area contributed by atoms with Crippen LogP contribution in [0.5, 0.6) is 5.75 Å². The van der Waals surface area contributed by atoms with Crippen LogP contribution in [0.3, 0.4) is 0 Å². The Labute approximate surface area is 179 Å². The molecule has 0 bridgehead atoms. The number of para-hydroxylation sites is 1. The Balaban J connectivity index is 1.44. The number of fused-ring (bicyclic) bond motifs is 2. The highest BCUT2D eigenvalue weighted by Crippen LogP contribution is 2.28. The van der Waals surface area contributed by atoms with E-state index in [2.05, 4.69) is 31.3 Å². The van der Waals surface area contributed by atoms with Crippen LogP contribution in [0.4, 0.5) is 17.5 Å². The number of rotatable bonds is 6. The summed E-state index contributed by atoms with van der Waals surface area (Å²) in [6, 6.07) is 12.1. The SMILES string of the molecule is COc1ccc2[nH]cc(CCc3cnc(N)nc3Nc3cccc4c3ncn4C)c2c1. The van der Waals surface area contributed by atoms with Crippen molar-refractivity contribution < 1.29 is 4.74 Å². The first kappa shape index (κ1) is 18.9. The number of hydrogen-bond acceptors (Lipinski definition) is 6. The molecule has 0 aliphatic rings. The van der Waals surface area contributed by atoms with Gasteiger partial charge in [0.2, 0.25) is 5.95 Å². The fraction of sp³-hybridized carbons (Fsp3) is 0.174. The second-order valence-corrected chi connectivity index (χ2v) is 7.48. The minimum absolute atomic E-state index is 0.233. The highest BCUT2D eigenvalue weighted by Gasteiger charge is 2.12. The summed E-state index contributed by atoms with van der Waals surface area (Å²) in [5, 5.41) is 4.58. The maximum atomic E-state index is 5.89. The van der Waals surface area contributed by atoms with Gasteiger partial charge in [-0.3, -0.25) is 0 Å². The van der Waals surface area contributed by atoms with E-state index in [1.807, 2.05) is 48.1 Å². The number of nitrogen functional groups attached to an aromatic ring is 1. The minimum Gasteiger partial charge on any atom is -0.497 e. The average molecular weight is 413 g/mol. The van der Waals surface area contributed by atoms with Gasteiger partial charge in [0.15, 0.2) is 0 Å². The second-order valence-electron chi connectivity index (χ2n) is 7.48. The van der Waals surface area contributed by atoms with Crippen molar-refractivity contribution in [2.24, 2.45) is 7.05 Å². The molecular formula is C23H23N7O. The fourth-order valence-corrected chi connectivity index (χ4v) is 3.86. The summed E-state index contributed by atoms with van der Waals surface area (Å²) in [6.45, 7) is 0. The molecule has 8 heteroatoms. The third-order valence-electron chi connectivity index (χ3n) is 5.53. The maximum Gasteiger partial charge on any atom is 0.221 e. The van der Waals surface area contributed by atoms with E-state index in [-0.39, 0.29) is 5.95 Å². The number of H-pyrrole nitrogens is 1. The molecule has 5 rings (SSSR count). The molecule has 0 saturated carbocycles. The van der Waals surface area contributed by atoms with E-state index in [1.165, 1.54) is 5.56 Å². The second kappa shape index (κ2) is 7.64. The summed E-state index contributed by atoms with van der Waals surface area (Å²) < 4.78 is 7.37. The van der Waals surface area contributed by atoms with Crippen molar-refractivity contribution in [3.63, 3.8) is 0 Å². The van der Waals surface area contributed by atoms with E-state index in [9.17, 15) is 0 Å². The Morgan fingerprint density at radius 3 is 2.87 bits per heavy atom. The van der Waals surface area contributed by atoms with Crippen LogP contribution in [0.1, 0.15) is 11.1 Å². The van der Waals surface area contributed by atoms with Crippen LogP contribution in [-0.2, 0) is 19.9 Å². The predicted molar refractivity (Wildman–Crippen MR) is 123 cm³/mol. The van der Waals surface area contributed by atoms with Gasteiger partial charge in [0.05, 0.1) is 24.6 Å². The van der Waals surface area contributed by atoms with Gasteiger partial charge in [-0.05, 0) is 48.7 Å². The van der Waals surface area contributed by atoms with Crippen LogP contribution in [0.15, 0.2) is 55.1 Å². The largest absolute Gasteiger partial charge is 0.497 e. The molecule has 0 fully saturated rings. The summed E-state index contributed by atoms with van der Waals surface area (Å²) in [5.41, 5.74) is 12.0. The number of methoxy groups -OCH3 is 1. The zero-order chi connectivity index (χ0) is 21.4. The molecule has 2 aromatic carbocycles. The summed E-state index contributed by atoms with van der Waals surface area (Å²) >= 11 is 0. The van der Waals surface area contributed by atoms with Crippen molar-refractivity contribution in [2.45, 2.75) is 12.8 Å². The van der Waals surface area contributed by atoms with E-state index in [4.69, 9.17) is 10.5 Å². The molecule has 8 nitrogen and oxygen atoms in total. The number of benzene rings is 2. The zero-order valence-corrected chi connectivity index (χ0v) is 17.4. The summed E-state index contributed by atoms with van der Waals surface area (Å²) in [7, 11) is 3.66. The smallest absolute Gasteiger partial charge is 0.221 e. The molecule has 0 saturated heterocycles. The summed E-state index contributed by atoms with van der Waals surface area (Å²) in [6.07, 6.45) is 7.22. The molecule has 3 heterocycles. The molecule has 0 aliphatic heterocycles. The molecule has 3 aromatic heterocycles. The van der Waals surface area contributed by atoms with E-state index in [1.54, 1.807) is 19.6 Å². The van der Waals surface area contributed by atoms with E-state index < -0.39 is 0 Å². The third-order valence-corrected chi connectivity index (χ3v) is 5.53. The zero-order valence-electron chi connectivity index (χ0n) is 17.4. The lowest BCUT2D eigenvalue weighted by atomic mass is 10.0. The lowest BCUT2D eigenvalue weighted by molar-refractivity contribution is 0.415. The van der Waals surface area contributed by atoms with Crippen LogP contribution in [-0.4, -0.2) is 31.6 Å². The average Bonchev–Trinajstić information content (AvgIpc) is 3.37. The highest BCUT2D eigenvalue weighted by molar-refractivity contribution is 5.90. The first-order chi connectivity index (χ1) is 15.1. The molecule has 0 unspecified atom stereocenters.